The third-order valence-corrected chi connectivity index (χ3v) is 5.04. The minimum absolute atomic E-state index is 0.493. The zero-order valence-corrected chi connectivity index (χ0v) is 13.8. The van der Waals surface area contributed by atoms with E-state index in [1.807, 2.05) is 18.0 Å². The number of rotatable bonds is 8. The molecule has 0 bridgehead atoms. The Labute approximate surface area is 130 Å². The molecule has 1 aromatic heterocycles. The summed E-state index contributed by atoms with van der Waals surface area (Å²) >= 11 is 3.67. The fraction of sp³-hybridized carbons (Fsp3) is 0.438. The van der Waals surface area contributed by atoms with Crippen LogP contribution >= 0.6 is 23.1 Å². The molecule has 1 atom stereocenters. The van der Waals surface area contributed by atoms with E-state index >= 15 is 0 Å². The highest BCUT2D eigenvalue weighted by molar-refractivity contribution is 7.99. The van der Waals surface area contributed by atoms with Gasteiger partial charge in [0, 0.05) is 34.7 Å². The van der Waals surface area contributed by atoms with Gasteiger partial charge < -0.3 is 5.32 Å². The van der Waals surface area contributed by atoms with Crippen LogP contribution in [0.15, 0.2) is 40.7 Å². The fourth-order valence-corrected chi connectivity index (χ4v) is 3.59. The summed E-state index contributed by atoms with van der Waals surface area (Å²) in [6.07, 6.45) is 4.09. The molecule has 108 valence electrons. The smallest absolute Gasteiger partial charge is 0.0940 e. The maximum absolute atomic E-state index is 4.40. The first-order valence-electron chi connectivity index (χ1n) is 7.09. The number of nitrogens with zero attached hydrogens (tertiary/aromatic N) is 1. The zero-order chi connectivity index (χ0) is 14.2. The van der Waals surface area contributed by atoms with Crippen molar-refractivity contribution in [2.24, 2.45) is 0 Å². The van der Waals surface area contributed by atoms with Gasteiger partial charge in [-0.3, -0.25) is 0 Å². The van der Waals surface area contributed by atoms with Crippen molar-refractivity contribution >= 4 is 23.1 Å². The molecule has 4 heteroatoms. The SMILES string of the molecule is CCCNC(CSc1ccc(C)cc1)Cc1nccs1. The maximum Gasteiger partial charge on any atom is 0.0940 e. The molecule has 20 heavy (non-hydrogen) atoms. The maximum atomic E-state index is 4.40. The number of aromatic nitrogens is 1. The van der Waals surface area contributed by atoms with Gasteiger partial charge in [0.15, 0.2) is 0 Å². The van der Waals surface area contributed by atoms with E-state index in [1.54, 1.807) is 11.3 Å². The van der Waals surface area contributed by atoms with E-state index < -0.39 is 0 Å². The highest BCUT2D eigenvalue weighted by Crippen LogP contribution is 2.20. The first kappa shape index (κ1) is 15.5. The molecule has 0 saturated heterocycles. The molecule has 1 unspecified atom stereocenters. The topological polar surface area (TPSA) is 24.9 Å². The van der Waals surface area contributed by atoms with Crippen LogP contribution in [0, 0.1) is 6.92 Å². The first-order chi connectivity index (χ1) is 9.78. The van der Waals surface area contributed by atoms with Gasteiger partial charge in [0.1, 0.15) is 0 Å². The van der Waals surface area contributed by atoms with Crippen molar-refractivity contribution in [3.63, 3.8) is 0 Å². The molecule has 2 rings (SSSR count). The van der Waals surface area contributed by atoms with Crippen molar-refractivity contribution in [1.29, 1.82) is 0 Å². The predicted molar refractivity (Wildman–Crippen MR) is 89.8 cm³/mol. The van der Waals surface area contributed by atoms with Gasteiger partial charge >= 0.3 is 0 Å². The molecule has 0 aliphatic heterocycles. The summed E-state index contributed by atoms with van der Waals surface area (Å²) in [5, 5.41) is 6.92. The number of thiazole rings is 1. The molecule has 0 aliphatic carbocycles. The third-order valence-electron chi connectivity index (χ3n) is 3.06. The van der Waals surface area contributed by atoms with Crippen LogP contribution in [0.1, 0.15) is 23.9 Å². The predicted octanol–water partition coefficient (Wildman–Crippen LogP) is 4.15. The highest BCUT2D eigenvalue weighted by atomic mass is 32.2. The Kier molecular flexibility index (Phi) is 6.57. The van der Waals surface area contributed by atoms with Gasteiger partial charge in [-0.05, 0) is 32.0 Å². The van der Waals surface area contributed by atoms with Crippen LogP contribution in [-0.4, -0.2) is 23.3 Å². The minimum atomic E-state index is 0.493. The Balaban J connectivity index is 1.87. The summed E-state index contributed by atoms with van der Waals surface area (Å²) in [6.45, 7) is 5.41. The van der Waals surface area contributed by atoms with Gasteiger partial charge in [0.25, 0.3) is 0 Å². The van der Waals surface area contributed by atoms with Gasteiger partial charge in [-0.15, -0.1) is 23.1 Å². The molecule has 0 fully saturated rings. The summed E-state index contributed by atoms with van der Waals surface area (Å²) in [5.74, 6) is 1.09. The lowest BCUT2D eigenvalue weighted by atomic mass is 10.2. The normalized spacial score (nSPS) is 12.5. The van der Waals surface area contributed by atoms with Crippen LogP contribution in [0.25, 0.3) is 0 Å². The number of hydrogen-bond acceptors (Lipinski definition) is 4. The van der Waals surface area contributed by atoms with Crippen LogP contribution in [0.4, 0.5) is 0 Å². The van der Waals surface area contributed by atoms with Gasteiger partial charge in [-0.2, -0.15) is 0 Å². The molecule has 1 aromatic carbocycles. The van der Waals surface area contributed by atoms with Crippen molar-refractivity contribution in [1.82, 2.24) is 10.3 Å². The molecule has 2 aromatic rings. The molecular weight excluding hydrogens is 284 g/mol. The monoisotopic (exact) mass is 306 g/mol. The molecular formula is C16H22N2S2. The number of aryl methyl sites for hydroxylation is 1. The van der Waals surface area contributed by atoms with Crippen LogP contribution in [0.5, 0.6) is 0 Å². The van der Waals surface area contributed by atoms with Crippen LogP contribution in [0.2, 0.25) is 0 Å². The van der Waals surface area contributed by atoms with E-state index in [-0.39, 0.29) is 0 Å². The second-order valence-electron chi connectivity index (χ2n) is 4.91. The average Bonchev–Trinajstić information content (AvgIpc) is 2.96. The molecule has 0 spiro atoms. The van der Waals surface area contributed by atoms with Gasteiger partial charge in [-0.1, -0.05) is 24.6 Å². The van der Waals surface area contributed by atoms with E-state index in [4.69, 9.17) is 0 Å². The van der Waals surface area contributed by atoms with E-state index in [9.17, 15) is 0 Å². The van der Waals surface area contributed by atoms with E-state index in [1.165, 1.54) is 21.9 Å². The number of thioether (sulfide) groups is 1. The molecule has 0 amide bonds. The number of hydrogen-bond donors (Lipinski definition) is 1. The molecule has 0 aliphatic rings. The van der Waals surface area contributed by atoms with E-state index in [2.05, 4.69) is 53.8 Å². The lowest BCUT2D eigenvalue weighted by molar-refractivity contribution is 0.549. The Morgan fingerprint density at radius 3 is 2.75 bits per heavy atom. The van der Waals surface area contributed by atoms with Crippen molar-refractivity contribution in [3.05, 3.63) is 46.4 Å². The summed E-state index contributed by atoms with van der Waals surface area (Å²) in [4.78, 5) is 5.75. The number of nitrogens with one attached hydrogen (secondary N) is 1. The summed E-state index contributed by atoms with van der Waals surface area (Å²) in [7, 11) is 0. The van der Waals surface area contributed by atoms with E-state index in [0.717, 1.165) is 18.7 Å². The largest absolute Gasteiger partial charge is 0.313 e. The fourth-order valence-electron chi connectivity index (χ4n) is 1.93. The Morgan fingerprint density at radius 1 is 1.30 bits per heavy atom. The molecule has 0 radical (unpaired) electrons. The first-order valence-corrected chi connectivity index (χ1v) is 8.95. The Bertz CT molecular complexity index is 480. The Hall–Kier alpha value is -0.840. The van der Waals surface area contributed by atoms with Gasteiger partial charge in [-0.25, -0.2) is 4.98 Å². The highest BCUT2D eigenvalue weighted by Gasteiger charge is 2.11. The van der Waals surface area contributed by atoms with Crippen LogP contribution < -0.4 is 5.32 Å². The van der Waals surface area contributed by atoms with Crippen molar-refractivity contribution < 1.29 is 0 Å². The molecule has 2 nitrogen and oxygen atoms in total. The lowest BCUT2D eigenvalue weighted by Crippen LogP contribution is -2.34. The van der Waals surface area contributed by atoms with Crippen molar-refractivity contribution in [2.75, 3.05) is 12.3 Å². The van der Waals surface area contributed by atoms with Crippen LogP contribution in [-0.2, 0) is 6.42 Å². The average molecular weight is 306 g/mol. The summed E-state index contributed by atoms with van der Waals surface area (Å²) < 4.78 is 0. The van der Waals surface area contributed by atoms with Crippen molar-refractivity contribution in [2.45, 2.75) is 37.6 Å². The number of benzene rings is 1. The molecule has 1 N–H and O–H groups in total. The quantitative estimate of drug-likeness (QED) is 0.742. The van der Waals surface area contributed by atoms with Crippen molar-refractivity contribution in [3.8, 4) is 0 Å². The Morgan fingerprint density at radius 2 is 2.10 bits per heavy atom. The molecule has 0 saturated carbocycles. The summed E-state index contributed by atoms with van der Waals surface area (Å²) in [5.41, 5.74) is 1.32. The van der Waals surface area contributed by atoms with Crippen LogP contribution in [0.3, 0.4) is 0 Å². The second kappa shape index (κ2) is 8.45. The van der Waals surface area contributed by atoms with E-state index in [0.29, 0.717) is 6.04 Å². The minimum Gasteiger partial charge on any atom is -0.313 e. The third kappa shape index (κ3) is 5.27. The van der Waals surface area contributed by atoms with Gasteiger partial charge in [0.2, 0.25) is 0 Å². The summed E-state index contributed by atoms with van der Waals surface area (Å²) in [6, 6.07) is 9.27. The lowest BCUT2D eigenvalue weighted by Gasteiger charge is -2.17. The zero-order valence-electron chi connectivity index (χ0n) is 12.1. The molecule has 1 heterocycles. The second-order valence-corrected chi connectivity index (χ2v) is 6.98. The van der Waals surface area contributed by atoms with Gasteiger partial charge in [0.05, 0.1) is 5.01 Å². The standard InChI is InChI=1S/C16H22N2S2/c1-3-8-17-14(11-16-18-9-10-19-16)12-20-15-6-4-13(2)5-7-15/h4-7,9-10,14,17H,3,8,11-12H2,1-2H3.